The third-order valence-corrected chi connectivity index (χ3v) is 6.39. The maximum absolute atomic E-state index is 13.4. The molecule has 2 fully saturated rings. The highest BCUT2D eigenvalue weighted by Crippen LogP contribution is 2.35. The summed E-state index contributed by atoms with van der Waals surface area (Å²) < 4.78 is 24.1. The second kappa shape index (κ2) is 10.3. The van der Waals surface area contributed by atoms with Crippen LogP contribution < -0.4 is 15.4 Å². The Hall–Kier alpha value is -4.40. The summed E-state index contributed by atoms with van der Waals surface area (Å²) in [6.45, 7) is 0.106. The van der Waals surface area contributed by atoms with Gasteiger partial charge in [0.2, 0.25) is 5.91 Å². The van der Waals surface area contributed by atoms with Gasteiger partial charge in [-0.05, 0) is 72.5 Å². The molecule has 2 unspecified atom stereocenters. The van der Waals surface area contributed by atoms with Crippen molar-refractivity contribution in [1.82, 2.24) is 10.2 Å². The first-order valence-corrected chi connectivity index (χ1v) is 12.0. The Bertz CT molecular complexity index is 1290. The second-order valence-electron chi connectivity index (χ2n) is 9.09. The number of cyclic esters (lactones) is 1. The number of hydrogen-bond acceptors (Lipinski definition) is 5. The summed E-state index contributed by atoms with van der Waals surface area (Å²) in [5.74, 6) is -0.305. The van der Waals surface area contributed by atoms with Crippen LogP contribution in [0.1, 0.15) is 40.4 Å². The van der Waals surface area contributed by atoms with Crippen molar-refractivity contribution in [3.05, 3.63) is 95.3 Å². The van der Waals surface area contributed by atoms with Gasteiger partial charge < -0.3 is 20.1 Å². The molecule has 37 heavy (non-hydrogen) atoms. The van der Waals surface area contributed by atoms with Gasteiger partial charge in [0.05, 0.1) is 13.7 Å². The Kier molecular flexibility index (Phi) is 6.76. The van der Waals surface area contributed by atoms with E-state index in [0.29, 0.717) is 28.1 Å². The molecule has 0 bridgehead atoms. The molecule has 1 saturated carbocycles. The molecule has 1 aliphatic carbocycles. The first-order chi connectivity index (χ1) is 17.9. The number of amides is 3. The summed E-state index contributed by atoms with van der Waals surface area (Å²) in [4.78, 5) is 40.0. The lowest BCUT2D eigenvalue weighted by Crippen LogP contribution is -2.46. The molecule has 2 N–H and O–H groups in total. The molecule has 3 aromatic carbocycles. The largest absolute Gasteiger partial charge is 0.497 e. The molecule has 1 aliphatic heterocycles. The van der Waals surface area contributed by atoms with E-state index in [1.165, 1.54) is 17.0 Å². The topological polar surface area (TPSA) is 97.0 Å². The van der Waals surface area contributed by atoms with E-state index in [0.717, 1.165) is 12.8 Å². The van der Waals surface area contributed by atoms with Crippen LogP contribution in [0.25, 0.3) is 0 Å². The summed E-state index contributed by atoms with van der Waals surface area (Å²) in [6.07, 6.45) is 0.344. The van der Waals surface area contributed by atoms with Gasteiger partial charge in [0.1, 0.15) is 11.6 Å². The van der Waals surface area contributed by atoms with Crippen LogP contribution in [-0.2, 0) is 16.1 Å². The number of hydrogen-bond donors (Lipinski definition) is 2. The molecule has 2 atom stereocenters. The van der Waals surface area contributed by atoms with E-state index in [9.17, 15) is 18.8 Å². The van der Waals surface area contributed by atoms with Gasteiger partial charge in [-0.25, -0.2) is 9.18 Å². The third-order valence-electron chi connectivity index (χ3n) is 6.39. The molecular formula is C28H26FN3O5. The number of rotatable bonds is 8. The van der Waals surface area contributed by atoms with Crippen molar-refractivity contribution >= 4 is 23.6 Å². The van der Waals surface area contributed by atoms with Crippen LogP contribution in [0.15, 0.2) is 72.8 Å². The lowest BCUT2D eigenvalue weighted by molar-refractivity contribution is -0.126. The molecule has 9 heteroatoms. The highest BCUT2D eigenvalue weighted by Gasteiger charge is 2.47. The van der Waals surface area contributed by atoms with Gasteiger partial charge >= 0.3 is 6.09 Å². The minimum absolute atomic E-state index is 0.104. The van der Waals surface area contributed by atoms with Crippen LogP contribution in [0.3, 0.4) is 0 Å². The van der Waals surface area contributed by atoms with E-state index in [1.807, 2.05) is 0 Å². The smallest absolute Gasteiger partial charge is 0.411 e. The van der Waals surface area contributed by atoms with E-state index in [-0.39, 0.29) is 30.2 Å². The number of methoxy groups -OCH3 is 1. The Balaban J connectivity index is 1.33. The van der Waals surface area contributed by atoms with Gasteiger partial charge in [0.15, 0.2) is 12.1 Å². The lowest BCUT2D eigenvalue weighted by atomic mass is 10.00. The molecule has 0 radical (unpaired) electrons. The van der Waals surface area contributed by atoms with Crippen molar-refractivity contribution in [1.29, 1.82) is 0 Å². The monoisotopic (exact) mass is 503 g/mol. The molecule has 0 aromatic heterocycles. The maximum Gasteiger partial charge on any atom is 0.411 e. The predicted octanol–water partition coefficient (Wildman–Crippen LogP) is 4.43. The van der Waals surface area contributed by atoms with Gasteiger partial charge in [-0.2, -0.15) is 0 Å². The van der Waals surface area contributed by atoms with E-state index in [4.69, 9.17) is 9.47 Å². The summed E-state index contributed by atoms with van der Waals surface area (Å²) in [7, 11) is 1.56. The molecule has 3 aromatic rings. The molecule has 190 valence electrons. The fourth-order valence-corrected chi connectivity index (χ4v) is 4.21. The Labute approximate surface area is 213 Å². The Morgan fingerprint density at radius 2 is 1.68 bits per heavy atom. The summed E-state index contributed by atoms with van der Waals surface area (Å²) in [5.41, 5.74) is 2.33. The zero-order chi connectivity index (χ0) is 25.9. The van der Waals surface area contributed by atoms with E-state index in [1.54, 1.807) is 67.8 Å². The van der Waals surface area contributed by atoms with Gasteiger partial charge in [0, 0.05) is 17.3 Å². The minimum Gasteiger partial charge on any atom is -0.497 e. The van der Waals surface area contributed by atoms with Crippen LogP contribution in [0.5, 0.6) is 5.75 Å². The molecule has 8 nitrogen and oxygen atoms in total. The molecule has 1 saturated heterocycles. The summed E-state index contributed by atoms with van der Waals surface area (Å²) >= 11 is 0. The third kappa shape index (κ3) is 5.55. The van der Waals surface area contributed by atoms with Crippen molar-refractivity contribution in [2.75, 3.05) is 12.4 Å². The van der Waals surface area contributed by atoms with Gasteiger partial charge in [-0.15, -0.1) is 0 Å². The highest BCUT2D eigenvalue weighted by atomic mass is 19.1. The van der Waals surface area contributed by atoms with E-state index in [2.05, 4.69) is 10.6 Å². The standard InChI is InChI=1S/C28H26FN3O5/c1-36-23-14-6-19(7-15-23)26(33)30-21-10-4-18(5-11-21)25-24(27(34)31-22-12-13-22)32(28(35)37-25)16-17-2-8-20(29)9-3-17/h2-11,14-15,22,24-25H,12-13,16H2,1H3,(H,30,33)(H,31,34). The number of carbonyl (C=O) groups excluding carboxylic acids is 3. The first-order valence-electron chi connectivity index (χ1n) is 12.0. The van der Waals surface area contributed by atoms with Gasteiger partial charge in [-0.1, -0.05) is 24.3 Å². The summed E-state index contributed by atoms with van der Waals surface area (Å²) in [6, 6.07) is 18.6. The first kappa shape index (κ1) is 24.3. The molecule has 1 heterocycles. The molecule has 0 spiro atoms. The number of benzene rings is 3. The lowest BCUT2D eigenvalue weighted by Gasteiger charge is -2.24. The Morgan fingerprint density at radius 1 is 1.00 bits per heavy atom. The number of anilines is 1. The Morgan fingerprint density at radius 3 is 2.30 bits per heavy atom. The van der Waals surface area contributed by atoms with Crippen LogP contribution in [-0.4, -0.2) is 42.0 Å². The quantitative estimate of drug-likeness (QED) is 0.474. The average Bonchev–Trinajstić information content (AvgIpc) is 3.67. The van der Waals surface area contributed by atoms with Crippen molar-refractivity contribution < 1.29 is 28.2 Å². The van der Waals surface area contributed by atoms with E-state index < -0.39 is 18.2 Å². The van der Waals surface area contributed by atoms with Crippen molar-refractivity contribution in [2.24, 2.45) is 0 Å². The normalized spacial score (nSPS) is 18.8. The zero-order valence-corrected chi connectivity index (χ0v) is 20.1. The average molecular weight is 504 g/mol. The van der Waals surface area contributed by atoms with Crippen molar-refractivity contribution in [3.63, 3.8) is 0 Å². The SMILES string of the molecule is COc1ccc(C(=O)Nc2ccc(C3OC(=O)N(Cc4ccc(F)cc4)C3C(=O)NC3CC3)cc2)cc1. The number of ether oxygens (including phenoxy) is 2. The van der Waals surface area contributed by atoms with Gasteiger partial charge in [0.25, 0.3) is 5.91 Å². The molecule has 3 amide bonds. The molecule has 5 rings (SSSR count). The molecular weight excluding hydrogens is 477 g/mol. The number of carbonyl (C=O) groups is 3. The van der Waals surface area contributed by atoms with Crippen molar-refractivity contribution in [2.45, 2.75) is 37.6 Å². The highest BCUT2D eigenvalue weighted by molar-refractivity contribution is 6.04. The number of nitrogens with zero attached hydrogens (tertiary/aromatic N) is 1. The van der Waals surface area contributed by atoms with Crippen LogP contribution in [0, 0.1) is 5.82 Å². The van der Waals surface area contributed by atoms with Crippen LogP contribution in [0.4, 0.5) is 14.9 Å². The fourth-order valence-electron chi connectivity index (χ4n) is 4.21. The second-order valence-corrected chi connectivity index (χ2v) is 9.09. The van der Waals surface area contributed by atoms with Crippen LogP contribution in [0.2, 0.25) is 0 Å². The maximum atomic E-state index is 13.4. The van der Waals surface area contributed by atoms with Gasteiger partial charge in [-0.3, -0.25) is 14.5 Å². The van der Waals surface area contributed by atoms with Crippen molar-refractivity contribution in [3.8, 4) is 5.75 Å². The number of nitrogens with one attached hydrogen (secondary N) is 2. The summed E-state index contributed by atoms with van der Waals surface area (Å²) in [5, 5.41) is 5.79. The van der Waals surface area contributed by atoms with Crippen LogP contribution >= 0.6 is 0 Å². The minimum atomic E-state index is -0.891. The number of halogens is 1. The fraction of sp³-hybridized carbons (Fsp3) is 0.250. The predicted molar refractivity (Wildman–Crippen MR) is 134 cm³/mol. The molecule has 2 aliphatic rings. The zero-order valence-electron chi connectivity index (χ0n) is 20.1. The van der Waals surface area contributed by atoms with E-state index >= 15 is 0 Å².